The minimum atomic E-state index is 0.810. The van der Waals surface area contributed by atoms with Crippen LogP contribution in [0.15, 0.2) is 0 Å². The zero-order valence-electron chi connectivity index (χ0n) is 9.87. The topological polar surface area (TPSA) is 15.3 Å². The molecule has 1 saturated carbocycles. The Balaban J connectivity index is 1.76. The van der Waals surface area contributed by atoms with E-state index in [0.29, 0.717) is 0 Å². The summed E-state index contributed by atoms with van der Waals surface area (Å²) in [6.07, 6.45) is 4.29. The molecular weight excluding hydrogens is 204 g/mol. The van der Waals surface area contributed by atoms with Gasteiger partial charge in [-0.05, 0) is 25.3 Å². The fourth-order valence-corrected chi connectivity index (χ4v) is 3.88. The van der Waals surface area contributed by atoms with E-state index in [9.17, 15) is 0 Å². The highest BCUT2D eigenvalue weighted by Gasteiger charge is 2.28. The van der Waals surface area contributed by atoms with Gasteiger partial charge in [-0.3, -0.25) is 0 Å². The van der Waals surface area contributed by atoms with Crippen molar-refractivity contribution in [2.24, 2.45) is 5.92 Å². The molecule has 15 heavy (non-hydrogen) atoms. The fraction of sp³-hybridized carbons (Fsp3) is 1.00. The molecule has 1 aliphatic heterocycles. The van der Waals surface area contributed by atoms with Crippen LogP contribution in [0.3, 0.4) is 0 Å². The molecule has 0 spiro atoms. The first kappa shape index (κ1) is 11.7. The third-order valence-electron chi connectivity index (χ3n) is 3.72. The Morgan fingerprint density at radius 2 is 2.07 bits per heavy atom. The zero-order valence-corrected chi connectivity index (χ0v) is 10.7. The Bertz CT molecular complexity index is 180. The van der Waals surface area contributed by atoms with Crippen LogP contribution in [-0.2, 0) is 0 Å². The van der Waals surface area contributed by atoms with Crippen molar-refractivity contribution in [3.05, 3.63) is 0 Å². The SMILES string of the molecule is CCNC1CCCC1CN1CCSCC1. The molecule has 0 amide bonds. The maximum Gasteiger partial charge on any atom is 0.0107 e. The van der Waals surface area contributed by atoms with Crippen LogP contribution in [0.2, 0.25) is 0 Å². The van der Waals surface area contributed by atoms with Gasteiger partial charge in [0, 0.05) is 37.2 Å². The lowest BCUT2D eigenvalue weighted by Crippen LogP contribution is -2.42. The van der Waals surface area contributed by atoms with E-state index in [1.165, 1.54) is 50.4 Å². The van der Waals surface area contributed by atoms with Gasteiger partial charge in [0.25, 0.3) is 0 Å². The van der Waals surface area contributed by atoms with E-state index in [2.05, 4.69) is 28.9 Å². The highest BCUT2D eigenvalue weighted by molar-refractivity contribution is 7.99. The largest absolute Gasteiger partial charge is 0.314 e. The second-order valence-corrected chi connectivity index (χ2v) is 5.99. The summed E-state index contributed by atoms with van der Waals surface area (Å²) >= 11 is 2.11. The van der Waals surface area contributed by atoms with Gasteiger partial charge in [0.1, 0.15) is 0 Å². The van der Waals surface area contributed by atoms with Gasteiger partial charge in [0.15, 0.2) is 0 Å². The molecule has 2 nitrogen and oxygen atoms in total. The molecule has 0 bridgehead atoms. The van der Waals surface area contributed by atoms with Crippen LogP contribution in [0.1, 0.15) is 26.2 Å². The second-order valence-electron chi connectivity index (χ2n) is 4.77. The number of hydrogen-bond donors (Lipinski definition) is 1. The summed E-state index contributed by atoms with van der Waals surface area (Å²) in [6, 6.07) is 0.810. The summed E-state index contributed by atoms with van der Waals surface area (Å²) in [7, 11) is 0. The molecule has 2 unspecified atom stereocenters. The average molecular weight is 228 g/mol. The maximum absolute atomic E-state index is 3.65. The van der Waals surface area contributed by atoms with Gasteiger partial charge in [-0.25, -0.2) is 0 Å². The molecular formula is C12H24N2S. The van der Waals surface area contributed by atoms with E-state index in [-0.39, 0.29) is 0 Å². The first-order valence-electron chi connectivity index (χ1n) is 6.43. The Kier molecular flexibility index (Phi) is 4.79. The summed E-state index contributed by atoms with van der Waals surface area (Å²) in [4.78, 5) is 2.68. The molecule has 1 heterocycles. The molecule has 2 atom stereocenters. The van der Waals surface area contributed by atoms with Crippen molar-refractivity contribution in [1.82, 2.24) is 10.2 Å². The summed E-state index contributed by atoms with van der Waals surface area (Å²) in [5.41, 5.74) is 0. The molecule has 1 N–H and O–H groups in total. The van der Waals surface area contributed by atoms with Gasteiger partial charge < -0.3 is 10.2 Å². The van der Waals surface area contributed by atoms with Crippen LogP contribution in [0.4, 0.5) is 0 Å². The minimum Gasteiger partial charge on any atom is -0.314 e. The summed E-state index contributed by atoms with van der Waals surface area (Å²) in [5.74, 6) is 3.62. The van der Waals surface area contributed by atoms with Gasteiger partial charge >= 0.3 is 0 Å². The van der Waals surface area contributed by atoms with Crippen LogP contribution < -0.4 is 5.32 Å². The fourth-order valence-electron chi connectivity index (χ4n) is 2.90. The molecule has 0 radical (unpaired) electrons. The lowest BCUT2D eigenvalue weighted by molar-refractivity contribution is 0.231. The van der Waals surface area contributed by atoms with Crippen LogP contribution in [0, 0.1) is 5.92 Å². The van der Waals surface area contributed by atoms with Gasteiger partial charge in [-0.2, -0.15) is 11.8 Å². The number of nitrogens with one attached hydrogen (secondary N) is 1. The lowest BCUT2D eigenvalue weighted by Gasteiger charge is -2.31. The highest BCUT2D eigenvalue weighted by Crippen LogP contribution is 2.27. The Hall–Kier alpha value is 0.270. The molecule has 1 saturated heterocycles. The summed E-state index contributed by atoms with van der Waals surface area (Å²) in [6.45, 7) is 7.35. The quantitative estimate of drug-likeness (QED) is 0.790. The van der Waals surface area contributed by atoms with E-state index in [4.69, 9.17) is 0 Å². The average Bonchev–Trinajstić information content (AvgIpc) is 2.68. The Morgan fingerprint density at radius 3 is 2.80 bits per heavy atom. The molecule has 1 aliphatic carbocycles. The first-order valence-corrected chi connectivity index (χ1v) is 7.59. The van der Waals surface area contributed by atoms with Crippen molar-refractivity contribution in [1.29, 1.82) is 0 Å². The number of nitrogens with zero attached hydrogens (tertiary/aromatic N) is 1. The molecule has 0 aromatic heterocycles. The standard InChI is InChI=1S/C12H24N2S/c1-2-13-12-5-3-4-11(12)10-14-6-8-15-9-7-14/h11-13H,2-10H2,1H3. The van der Waals surface area contributed by atoms with Gasteiger partial charge in [-0.1, -0.05) is 13.3 Å². The van der Waals surface area contributed by atoms with Gasteiger partial charge in [0.05, 0.1) is 0 Å². The van der Waals surface area contributed by atoms with Crippen molar-refractivity contribution in [2.45, 2.75) is 32.2 Å². The van der Waals surface area contributed by atoms with Crippen molar-refractivity contribution in [2.75, 3.05) is 37.7 Å². The molecule has 2 fully saturated rings. The van der Waals surface area contributed by atoms with Crippen LogP contribution >= 0.6 is 11.8 Å². The minimum absolute atomic E-state index is 0.810. The number of rotatable bonds is 4. The van der Waals surface area contributed by atoms with Crippen LogP contribution in [0.25, 0.3) is 0 Å². The zero-order chi connectivity index (χ0) is 10.5. The van der Waals surface area contributed by atoms with Crippen molar-refractivity contribution in [3.63, 3.8) is 0 Å². The summed E-state index contributed by atoms with van der Waals surface area (Å²) in [5, 5.41) is 3.65. The van der Waals surface area contributed by atoms with Crippen LogP contribution in [-0.4, -0.2) is 48.6 Å². The lowest BCUT2D eigenvalue weighted by atomic mass is 10.0. The molecule has 2 rings (SSSR count). The van der Waals surface area contributed by atoms with E-state index < -0.39 is 0 Å². The monoisotopic (exact) mass is 228 g/mol. The van der Waals surface area contributed by atoms with E-state index >= 15 is 0 Å². The third-order valence-corrected chi connectivity index (χ3v) is 4.66. The molecule has 3 heteroatoms. The molecule has 0 aromatic carbocycles. The molecule has 0 aromatic rings. The second kappa shape index (κ2) is 6.12. The third kappa shape index (κ3) is 3.36. The van der Waals surface area contributed by atoms with Crippen molar-refractivity contribution < 1.29 is 0 Å². The normalized spacial score (nSPS) is 33.4. The maximum atomic E-state index is 3.65. The molecule has 88 valence electrons. The van der Waals surface area contributed by atoms with E-state index in [0.717, 1.165) is 18.5 Å². The van der Waals surface area contributed by atoms with Crippen LogP contribution in [0.5, 0.6) is 0 Å². The highest BCUT2D eigenvalue weighted by atomic mass is 32.2. The van der Waals surface area contributed by atoms with E-state index in [1.54, 1.807) is 0 Å². The van der Waals surface area contributed by atoms with Crippen molar-refractivity contribution in [3.8, 4) is 0 Å². The predicted octanol–water partition coefficient (Wildman–Crippen LogP) is 1.81. The smallest absolute Gasteiger partial charge is 0.0107 e. The first-order chi connectivity index (χ1) is 7.40. The Labute approximate surface area is 98.2 Å². The summed E-state index contributed by atoms with van der Waals surface area (Å²) < 4.78 is 0. The van der Waals surface area contributed by atoms with Crippen molar-refractivity contribution >= 4 is 11.8 Å². The molecule has 2 aliphatic rings. The van der Waals surface area contributed by atoms with Gasteiger partial charge in [-0.15, -0.1) is 0 Å². The Morgan fingerprint density at radius 1 is 1.27 bits per heavy atom. The predicted molar refractivity (Wildman–Crippen MR) is 68.6 cm³/mol. The number of hydrogen-bond acceptors (Lipinski definition) is 3. The van der Waals surface area contributed by atoms with E-state index in [1.807, 2.05) is 0 Å². The number of thioether (sulfide) groups is 1. The van der Waals surface area contributed by atoms with Gasteiger partial charge in [0.2, 0.25) is 0 Å².